The number of aliphatic hydroxyl groups excluding tert-OH is 1. The van der Waals surface area contributed by atoms with Crippen molar-refractivity contribution in [3.8, 4) is 11.5 Å². The number of non-ortho nitro benzene ring substituents is 1. The summed E-state index contributed by atoms with van der Waals surface area (Å²) in [6.07, 6.45) is -0.611. The molecule has 16 heavy (non-hydrogen) atoms. The fraction of sp³-hybridized carbons (Fsp3) is 0.400. The Morgan fingerprint density at radius 1 is 1.50 bits per heavy atom. The van der Waals surface area contributed by atoms with Gasteiger partial charge in [-0.1, -0.05) is 0 Å². The maximum absolute atomic E-state index is 10.5. The van der Waals surface area contributed by atoms with E-state index in [2.05, 4.69) is 0 Å². The normalized spacial score (nSPS) is 11.9. The number of methoxy groups -OCH3 is 1. The van der Waals surface area contributed by atoms with Crippen LogP contribution >= 0.6 is 0 Å². The number of hydrogen-bond donors (Lipinski definition) is 1. The van der Waals surface area contributed by atoms with Crippen molar-refractivity contribution in [2.45, 2.75) is 13.0 Å². The lowest BCUT2D eigenvalue weighted by Crippen LogP contribution is -2.13. The number of aliphatic hydroxyl groups is 1. The van der Waals surface area contributed by atoms with Crippen molar-refractivity contribution in [3.05, 3.63) is 28.3 Å². The molecule has 1 atom stereocenters. The van der Waals surface area contributed by atoms with Gasteiger partial charge in [0, 0.05) is 6.07 Å². The van der Waals surface area contributed by atoms with E-state index < -0.39 is 11.0 Å². The summed E-state index contributed by atoms with van der Waals surface area (Å²) >= 11 is 0. The van der Waals surface area contributed by atoms with Gasteiger partial charge >= 0.3 is 0 Å². The number of nitrogens with zero attached hydrogens (tertiary/aromatic N) is 1. The summed E-state index contributed by atoms with van der Waals surface area (Å²) in [6, 6.07) is 4.04. The van der Waals surface area contributed by atoms with Crippen molar-refractivity contribution >= 4 is 5.69 Å². The highest BCUT2D eigenvalue weighted by Crippen LogP contribution is 2.31. The van der Waals surface area contributed by atoms with Crippen LogP contribution in [0.4, 0.5) is 5.69 Å². The molecule has 0 aliphatic carbocycles. The first-order valence-electron chi connectivity index (χ1n) is 4.68. The van der Waals surface area contributed by atoms with Gasteiger partial charge in [-0.2, -0.15) is 0 Å². The number of benzene rings is 1. The Bertz CT molecular complexity index is 377. The van der Waals surface area contributed by atoms with Crippen LogP contribution in [0.5, 0.6) is 11.5 Å². The van der Waals surface area contributed by atoms with Crippen molar-refractivity contribution in [3.63, 3.8) is 0 Å². The third kappa shape index (κ3) is 3.09. The summed E-state index contributed by atoms with van der Waals surface area (Å²) in [4.78, 5) is 10.0. The predicted molar refractivity (Wildman–Crippen MR) is 56.8 cm³/mol. The minimum absolute atomic E-state index is 0.0683. The molecule has 0 spiro atoms. The minimum atomic E-state index is -0.611. The highest BCUT2D eigenvalue weighted by Gasteiger charge is 2.12. The molecule has 0 aliphatic heterocycles. The number of nitro groups is 1. The Labute approximate surface area is 92.6 Å². The average Bonchev–Trinajstić information content (AvgIpc) is 2.25. The molecule has 0 heterocycles. The first kappa shape index (κ1) is 12.3. The topological polar surface area (TPSA) is 81.8 Å². The molecule has 0 aromatic heterocycles. The van der Waals surface area contributed by atoms with Crippen molar-refractivity contribution in [1.82, 2.24) is 0 Å². The Kier molecular flexibility index (Phi) is 4.07. The van der Waals surface area contributed by atoms with Gasteiger partial charge in [-0.3, -0.25) is 10.1 Å². The molecule has 1 aromatic carbocycles. The summed E-state index contributed by atoms with van der Waals surface area (Å²) < 4.78 is 10.2. The Balaban J connectivity index is 2.89. The molecule has 0 saturated heterocycles. The Morgan fingerprint density at radius 2 is 2.19 bits per heavy atom. The maximum Gasteiger partial charge on any atom is 0.273 e. The summed E-state index contributed by atoms with van der Waals surface area (Å²) in [7, 11) is 1.40. The molecular weight excluding hydrogens is 214 g/mol. The molecule has 1 rings (SSSR count). The molecule has 0 radical (unpaired) electrons. The van der Waals surface area contributed by atoms with Crippen molar-refractivity contribution in [2.24, 2.45) is 0 Å². The highest BCUT2D eigenvalue weighted by atomic mass is 16.6. The predicted octanol–water partition coefficient (Wildman–Crippen LogP) is 1.36. The van der Waals surface area contributed by atoms with Gasteiger partial charge in [-0.15, -0.1) is 0 Å². The second-order valence-electron chi connectivity index (χ2n) is 3.25. The fourth-order valence-corrected chi connectivity index (χ4v) is 1.10. The van der Waals surface area contributed by atoms with E-state index >= 15 is 0 Å². The molecule has 1 aromatic rings. The molecule has 0 fully saturated rings. The van der Waals surface area contributed by atoms with Crippen molar-refractivity contribution < 1.29 is 19.5 Å². The zero-order chi connectivity index (χ0) is 12.1. The van der Waals surface area contributed by atoms with E-state index in [1.165, 1.54) is 25.3 Å². The molecule has 0 saturated carbocycles. The molecule has 1 N–H and O–H groups in total. The molecular formula is C10H13NO5. The van der Waals surface area contributed by atoms with Crippen LogP contribution in [0.1, 0.15) is 6.92 Å². The zero-order valence-corrected chi connectivity index (χ0v) is 9.04. The van der Waals surface area contributed by atoms with Gasteiger partial charge in [0.15, 0.2) is 11.5 Å². The van der Waals surface area contributed by atoms with Crippen LogP contribution in [-0.4, -0.2) is 29.9 Å². The lowest BCUT2D eigenvalue weighted by atomic mass is 10.3. The third-order valence-electron chi connectivity index (χ3n) is 1.84. The van der Waals surface area contributed by atoms with E-state index in [9.17, 15) is 10.1 Å². The van der Waals surface area contributed by atoms with Crippen LogP contribution < -0.4 is 9.47 Å². The van der Waals surface area contributed by atoms with Gasteiger partial charge in [0.25, 0.3) is 5.69 Å². The van der Waals surface area contributed by atoms with E-state index in [-0.39, 0.29) is 18.0 Å². The van der Waals surface area contributed by atoms with Crippen LogP contribution in [0.3, 0.4) is 0 Å². The Morgan fingerprint density at radius 3 is 2.69 bits per heavy atom. The van der Waals surface area contributed by atoms with Crippen molar-refractivity contribution in [1.29, 1.82) is 0 Å². The summed E-state index contributed by atoms with van der Waals surface area (Å²) in [5.74, 6) is 0.642. The molecule has 0 amide bonds. The average molecular weight is 227 g/mol. The maximum atomic E-state index is 10.5. The van der Waals surface area contributed by atoms with Crippen LogP contribution in [0.25, 0.3) is 0 Å². The summed E-state index contributed by atoms with van der Waals surface area (Å²) in [6.45, 7) is 1.69. The molecule has 6 nitrogen and oxygen atoms in total. The van der Waals surface area contributed by atoms with Gasteiger partial charge in [-0.25, -0.2) is 0 Å². The largest absolute Gasteiger partial charge is 0.493 e. The quantitative estimate of drug-likeness (QED) is 0.606. The van der Waals surface area contributed by atoms with Gasteiger partial charge in [0.05, 0.1) is 24.2 Å². The highest BCUT2D eigenvalue weighted by molar-refractivity contribution is 5.48. The standard InChI is InChI=1S/C10H13NO5/c1-7(12)6-16-9-4-3-8(11(13)14)5-10(9)15-2/h3-5,7,12H,6H2,1-2H3/t7-/m1/s1. The van der Waals surface area contributed by atoms with Gasteiger partial charge in [0.1, 0.15) is 6.61 Å². The van der Waals surface area contributed by atoms with Gasteiger partial charge in [-0.05, 0) is 13.0 Å². The molecule has 6 heteroatoms. The third-order valence-corrected chi connectivity index (χ3v) is 1.84. The number of ether oxygens (including phenoxy) is 2. The molecule has 0 aliphatic rings. The smallest absolute Gasteiger partial charge is 0.273 e. The lowest BCUT2D eigenvalue weighted by Gasteiger charge is -2.11. The first-order valence-corrected chi connectivity index (χ1v) is 4.68. The zero-order valence-electron chi connectivity index (χ0n) is 9.04. The monoisotopic (exact) mass is 227 g/mol. The van der Waals surface area contributed by atoms with Crippen LogP contribution in [-0.2, 0) is 0 Å². The van der Waals surface area contributed by atoms with E-state index in [0.29, 0.717) is 5.75 Å². The molecule has 0 bridgehead atoms. The van der Waals surface area contributed by atoms with Gasteiger partial charge < -0.3 is 14.6 Å². The second kappa shape index (κ2) is 5.32. The van der Waals surface area contributed by atoms with Crippen LogP contribution in [0, 0.1) is 10.1 Å². The van der Waals surface area contributed by atoms with Crippen molar-refractivity contribution in [2.75, 3.05) is 13.7 Å². The van der Waals surface area contributed by atoms with Gasteiger partial charge in [0.2, 0.25) is 0 Å². The van der Waals surface area contributed by atoms with Crippen LogP contribution in [0.15, 0.2) is 18.2 Å². The first-order chi connectivity index (χ1) is 7.54. The molecule has 0 unspecified atom stereocenters. The number of hydrogen-bond acceptors (Lipinski definition) is 5. The van der Waals surface area contributed by atoms with E-state index in [4.69, 9.17) is 14.6 Å². The van der Waals surface area contributed by atoms with E-state index in [1.54, 1.807) is 6.92 Å². The summed E-state index contributed by atoms with van der Waals surface area (Å²) in [5, 5.41) is 19.6. The minimum Gasteiger partial charge on any atom is -0.493 e. The second-order valence-corrected chi connectivity index (χ2v) is 3.25. The summed E-state index contributed by atoms with van der Waals surface area (Å²) in [5.41, 5.74) is -0.0683. The fourth-order valence-electron chi connectivity index (χ4n) is 1.10. The SMILES string of the molecule is COc1cc([N+](=O)[O-])ccc1OC[C@@H](C)O. The van der Waals surface area contributed by atoms with E-state index in [1.807, 2.05) is 0 Å². The molecule has 88 valence electrons. The lowest BCUT2D eigenvalue weighted by molar-refractivity contribution is -0.384. The Hall–Kier alpha value is -1.82. The van der Waals surface area contributed by atoms with Crippen LogP contribution in [0.2, 0.25) is 0 Å². The number of nitro benzene ring substituents is 1. The van der Waals surface area contributed by atoms with E-state index in [0.717, 1.165) is 0 Å². The number of rotatable bonds is 5.